The van der Waals surface area contributed by atoms with Crippen molar-refractivity contribution in [3.63, 3.8) is 0 Å². The predicted molar refractivity (Wildman–Crippen MR) is 83.9 cm³/mol. The third-order valence-electron chi connectivity index (χ3n) is 5.06. The van der Waals surface area contributed by atoms with Crippen molar-refractivity contribution < 1.29 is 4.79 Å². The molecule has 0 saturated carbocycles. The van der Waals surface area contributed by atoms with Crippen molar-refractivity contribution in [3.05, 3.63) is 52.8 Å². The van der Waals surface area contributed by atoms with Crippen LogP contribution in [0.1, 0.15) is 59.9 Å². The molecular formula is C18H20N2O. The molecule has 2 aromatic rings. The van der Waals surface area contributed by atoms with Gasteiger partial charge in [0.05, 0.1) is 6.04 Å². The summed E-state index contributed by atoms with van der Waals surface area (Å²) in [4.78, 5) is 15.7. The van der Waals surface area contributed by atoms with Crippen molar-refractivity contribution in [3.8, 4) is 0 Å². The first-order chi connectivity index (χ1) is 10.1. The molecule has 0 saturated heterocycles. The maximum absolute atomic E-state index is 12.4. The number of Topliss-reactive ketones (excluding diaryl/α,β-unsaturated/α-hetero) is 1. The molecule has 1 aliphatic heterocycles. The Kier molecular flexibility index (Phi) is 2.56. The number of para-hydroxylation sites is 1. The summed E-state index contributed by atoms with van der Waals surface area (Å²) in [5, 5.41) is 3.63. The van der Waals surface area contributed by atoms with Crippen LogP contribution < -0.4 is 5.32 Å². The van der Waals surface area contributed by atoms with Crippen LogP contribution in [0, 0.1) is 0 Å². The lowest BCUT2D eigenvalue weighted by Crippen LogP contribution is -2.27. The van der Waals surface area contributed by atoms with Gasteiger partial charge in [-0.2, -0.15) is 0 Å². The Morgan fingerprint density at radius 2 is 2.00 bits per heavy atom. The smallest absolute Gasteiger partial charge is 0.165 e. The van der Waals surface area contributed by atoms with E-state index in [0.29, 0.717) is 12.2 Å². The molecule has 0 bridgehead atoms. The monoisotopic (exact) mass is 280 g/mol. The number of benzene rings is 1. The molecule has 0 radical (unpaired) electrons. The number of aromatic nitrogens is 1. The fourth-order valence-corrected chi connectivity index (χ4v) is 3.92. The third kappa shape index (κ3) is 1.70. The summed E-state index contributed by atoms with van der Waals surface area (Å²) < 4.78 is 0. The van der Waals surface area contributed by atoms with E-state index < -0.39 is 0 Å². The van der Waals surface area contributed by atoms with Crippen LogP contribution in [-0.4, -0.2) is 10.8 Å². The SMILES string of the molecule is CC1(C)c2ccccc2NC1c1c[nH]c2c1C(=O)CCC2. The van der Waals surface area contributed by atoms with Crippen LogP contribution in [-0.2, 0) is 11.8 Å². The molecule has 1 aromatic carbocycles. The minimum atomic E-state index is -0.0235. The van der Waals surface area contributed by atoms with Crippen LogP contribution in [0.15, 0.2) is 30.5 Å². The summed E-state index contributed by atoms with van der Waals surface area (Å²) in [6.07, 6.45) is 4.67. The minimum Gasteiger partial charge on any atom is -0.377 e. The van der Waals surface area contributed by atoms with Crippen molar-refractivity contribution in [2.75, 3.05) is 5.32 Å². The first-order valence-corrected chi connectivity index (χ1v) is 7.68. The van der Waals surface area contributed by atoms with Crippen LogP contribution in [0.4, 0.5) is 5.69 Å². The number of carbonyl (C=O) groups excluding carboxylic acids is 1. The van der Waals surface area contributed by atoms with E-state index in [9.17, 15) is 4.79 Å². The molecular weight excluding hydrogens is 260 g/mol. The van der Waals surface area contributed by atoms with Gasteiger partial charge in [0, 0.05) is 40.5 Å². The van der Waals surface area contributed by atoms with Crippen molar-refractivity contribution in [2.45, 2.75) is 44.6 Å². The number of ketones is 1. The normalized spacial score (nSPS) is 22.6. The highest BCUT2D eigenvalue weighted by Crippen LogP contribution is 2.49. The summed E-state index contributed by atoms with van der Waals surface area (Å²) in [6.45, 7) is 4.51. The second kappa shape index (κ2) is 4.23. The first kappa shape index (κ1) is 12.7. The Morgan fingerprint density at radius 3 is 2.81 bits per heavy atom. The van der Waals surface area contributed by atoms with E-state index in [-0.39, 0.29) is 11.5 Å². The highest BCUT2D eigenvalue weighted by atomic mass is 16.1. The molecule has 1 aromatic heterocycles. The summed E-state index contributed by atoms with van der Waals surface area (Å²) in [7, 11) is 0. The molecule has 3 heteroatoms. The van der Waals surface area contributed by atoms with Gasteiger partial charge in [-0.1, -0.05) is 32.0 Å². The van der Waals surface area contributed by atoms with Gasteiger partial charge >= 0.3 is 0 Å². The van der Waals surface area contributed by atoms with Gasteiger partial charge in [0.15, 0.2) is 5.78 Å². The number of anilines is 1. The van der Waals surface area contributed by atoms with Gasteiger partial charge in [-0.3, -0.25) is 4.79 Å². The van der Waals surface area contributed by atoms with Crippen molar-refractivity contribution in [1.82, 2.24) is 4.98 Å². The van der Waals surface area contributed by atoms with E-state index in [0.717, 1.165) is 29.7 Å². The van der Waals surface area contributed by atoms with Crippen molar-refractivity contribution >= 4 is 11.5 Å². The maximum atomic E-state index is 12.4. The number of fused-ring (bicyclic) bond motifs is 2. The largest absolute Gasteiger partial charge is 0.377 e. The second-order valence-corrected chi connectivity index (χ2v) is 6.72. The molecule has 4 rings (SSSR count). The molecule has 1 atom stereocenters. The average molecular weight is 280 g/mol. The van der Waals surface area contributed by atoms with Crippen LogP contribution in [0.2, 0.25) is 0 Å². The number of H-pyrrole nitrogens is 1. The Hall–Kier alpha value is -2.03. The topological polar surface area (TPSA) is 44.9 Å². The fourth-order valence-electron chi connectivity index (χ4n) is 3.92. The highest BCUT2D eigenvalue weighted by molar-refractivity contribution is 6.00. The highest BCUT2D eigenvalue weighted by Gasteiger charge is 2.42. The van der Waals surface area contributed by atoms with Gasteiger partial charge in [0.1, 0.15) is 0 Å². The molecule has 0 amide bonds. The van der Waals surface area contributed by atoms with E-state index in [4.69, 9.17) is 0 Å². The predicted octanol–water partition coefficient (Wildman–Crippen LogP) is 3.98. The molecule has 0 spiro atoms. The zero-order valence-electron chi connectivity index (χ0n) is 12.5. The Balaban J connectivity index is 1.83. The Morgan fingerprint density at radius 1 is 1.19 bits per heavy atom. The van der Waals surface area contributed by atoms with Gasteiger partial charge in [0.2, 0.25) is 0 Å². The molecule has 1 unspecified atom stereocenters. The third-order valence-corrected chi connectivity index (χ3v) is 5.06. The fraction of sp³-hybridized carbons (Fsp3) is 0.389. The zero-order chi connectivity index (χ0) is 14.6. The molecule has 21 heavy (non-hydrogen) atoms. The Bertz CT molecular complexity index is 727. The molecule has 2 N–H and O–H groups in total. The van der Waals surface area contributed by atoms with Gasteiger partial charge < -0.3 is 10.3 Å². The standard InChI is InChI=1S/C18H20N2O/c1-18(2)12-6-3-4-7-13(12)20-17(18)11-10-19-14-8-5-9-15(21)16(11)14/h3-4,6-7,10,17,19-20H,5,8-9H2,1-2H3. The second-order valence-electron chi connectivity index (χ2n) is 6.72. The van der Waals surface area contributed by atoms with Crippen molar-refractivity contribution in [2.24, 2.45) is 0 Å². The van der Waals surface area contributed by atoms with E-state index in [1.165, 1.54) is 11.3 Å². The lowest BCUT2D eigenvalue weighted by molar-refractivity contribution is 0.0971. The van der Waals surface area contributed by atoms with Gasteiger partial charge in [-0.15, -0.1) is 0 Å². The van der Waals surface area contributed by atoms with Crippen LogP contribution in [0.5, 0.6) is 0 Å². The number of carbonyl (C=O) groups is 1. The van der Waals surface area contributed by atoms with E-state index in [2.05, 4.69) is 48.4 Å². The number of aryl methyl sites for hydroxylation is 1. The van der Waals surface area contributed by atoms with E-state index in [1.54, 1.807) is 0 Å². The Labute approximate surface area is 124 Å². The molecule has 0 fully saturated rings. The summed E-state index contributed by atoms with van der Waals surface area (Å²) >= 11 is 0. The number of aromatic amines is 1. The van der Waals surface area contributed by atoms with Gasteiger partial charge in [-0.05, 0) is 24.5 Å². The average Bonchev–Trinajstić information content (AvgIpc) is 3.00. The van der Waals surface area contributed by atoms with Crippen molar-refractivity contribution in [1.29, 1.82) is 0 Å². The van der Waals surface area contributed by atoms with E-state index in [1.807, 2.05) is 6.20 Å². The molecule has 2 heterocycles. The van der Waals surface area contributed by atoms with E-state index >= 15 is 0 Å². The zero-order valence-corrected chi connectivity index (χ0v) is 12.5. The summed E-state index contributed by atoms with van der Waals surface area (Å²) in [6, 6.07) is 8.60. The lowest BCUT2D eigenvalue weighted by atomic mass is 9.76. The van der Waals surface area contributed by atoms with Crippen LogP contribution in [0.3, 0.4) is 0 Å². The molecule has 2 aliphatic rings. The number of hydrogen-bond acceptors (Lipinski definition) is 2. The first-order valence-electron chi connectivity index (χ1n) is 7.68. The minimum absolute atomic E-state index is 0.0235. The number of nitrogens with one attached hydrogen (secondary N) is 2. The number of hydrogen-bond donors (Lipinski definition) is 2. The quantitative estimate of drug-likeness (QED) is 0.830. The summed E-state index contributed by atoms with van der Waals surface area (Å²) in [5.74, 6) is 0.293. The lowest BCUT2D eigenvalue weighted by Gasteiger charge is -2.28. The van der Waals surface area contributed by atoms with Crippen LogP contribution >= 0.6 is 0 Å². The van der Waals surface area contributed by atoms with Gasteiger partial charge in [0.25, 0.3) is 0 Å². The molecule has 3 nitrogen and oxygen atoms in total. The summed E-state index contributed by atoms with van der Waals surface area (Å²) in [5.41, 5.74) is 5.69. The number of rotatable bonds is 1. The van der Waals surface area contributed by atoms with Crippen LogP contribution in [0.25, 0.3) is 0 Å². The molecule has 1 aliphatic carbocycles. The molecule has 108 valence electrons. The maximum Gasteiger partial charge on any atom is 0.165 e. The van der Waals surface area contributed by atoms with Gasteiger partial charge in [-0.25, -0.2) is 0 Å².